The van der Waals surface area contributed by atoms with Gasteiger partial charge in [0.15, 0.2) is 6.10 Å². The van der Waals surface area contributed by atoms with E-state index < -0.39 is 6.10 Å². The number of hydrogen-bond acceptors (Lipinski definition) is 3. The summed E-state index contributed by atoms with van der Waals surface area (Å²) >= 11 is 0. The second kappa shape index (κ2) is 6.03. The molecule has 2 aromatic carbocycles. The fourth-order valence-electron chi connectivity index (χ4n) is 2.38. The van der Waals surface area contributed by atoms with Gasteiger partial charge >= 0.3 is 0 Å². The van der Waals surface area contributed by atoms with Gasteiger partial charge in [0.25, 0.3) is 5.91 Å². The summed E-state index contributed by atoms with van der Waals surface area (Å²) in [4.78, 5) is 12.0. The van der Waals surface area contributed by atoms with Crippen molar-refractivity contribution in [2.45, 2.75) is 12.6 Å². The fraction of sp³-hybridized carbons (Fsp3) is 0.312. The lowest BCUT2D eigenvalue weighted by Gasteiger charge is -2.22. The monoisotopic (exact) mass is 271 g/mol. The van der Waals surface area contributed by atoms with Crippen LogP contribution < -0.4 is 5.32 Å². The summed E-state index contributed by atoms with van der Waals surface area (Å²) in [6.45, 7) is 1.88. The SMILES string of the molecule is O=C(NCc1cccc2ccccc12)[C@H]1COCCO1. The Labute approximate surface area is 117 Å². The van der Waals surface area contributed by atoms with Crippen molar-refractivity contribution < 1.29 is 14.3 Å². The van der Waals surface area contributed by atoms with E-state index in [1.807, 2.05) is 24.3 Å². The zero-order valence-corrected chi connectivity index (χ0v) is 11.2. The Morgan fingerprint density at radius 2 is 2.00 bits per heavy atom. The van der Waals surface area contributed by atoms with Gasteiger partial charge in [-0.05, 0) is 16.3 Å². The number of carbonyl (C=O) groups excluding carboxylic acids is 1. The van der Waals surface area contributed by atoms with Crippen LogP contribution in [0.2, 0.25) is 0 Å². The molecule has 0 unspecified atom stereocenters. The summed E-state index contributed by atoms with van der Waals surface area (Å²) in [7, 11) is 0. The molecule has 3 rings (SSSR count). The smallest absolute Gasteiger partial charge is 0.251 e. The Morgan fingerprint density at radius 1 is 1.15 bits per heavy atom. The van der Waals surface area contributed by atoms with E-state index in [0.717, 1.165) is 10.9 Å². The van der Waals surface area contributed by atoms with Gasteiger partial charge in [-0.15, -0.1) is 0 Å². The lowest BCUT2D eigenvalue weighted by molar-refractivity contribution is -0.147. The van der Waals surface area contributed by atoms with Crippen LogP contribution in [0.3, 0.4) is 0 Å². The normalized spacial score (nSPS) is 18.9. The standard InChI is InChI=1S/C16H17NO3/c18-16(15-11-19-8-9-20-15)17-10-13-6-3-5-12-4-1-2-7-14(12)13/h1-7,15H,8-11H2,(H,17,18)/t15-/m1/s1. The minimum atomic E-state index is -0.487. The van der Waals surface area contributed by atoms with Gasteiger partial charge in [-0.1, -0.05) is 42.5 Å². The minimum absolute atomic E-state index is 0.113. The molecule has 4 nitrogen and oxygen atoms in total. The van der Waals surface area contributed by atoms with Crippen LogP contribution >= 0.6 is 0 Å². The molecule has 0 aromatic heterocycles. The topological polar surface area (TPSA) is 47.6 Å². The zero-order chi connectivity index (χ0) is 13.8. The quantitative estimate of drug-likeness (QED) is 0.927. The second-order valence-corrected chi connectivity index (χ2v) is 4.79. The van der Waals surface area contributed by atoms with E-state index in [0.29, 0.717) is 26.4 Å². The van der Waals surface area contributed by atoms with Crippen molar-refractivity contribution in [3.63, 3.8) is 0 Å². The number of ether oxygens (including phenoxy) is 2. The van der Waals surface area contributed by atoms with Crippen LogP contribution in [0, 0.1) is 0 Å². The maximum atomic E-state index is 12.0. The van der Waals surface area contributed by atoms with Crippen molar-refractivity contribution in [2.24, 2.45) is 0 Å². The highest BCUT2D eigenvalue weighted by Crippen LogP contribution is 2.18. The van der Waals surface area contributed by atoms with Crippen molar-refractivity contribution in [3.05, 3.63) is 48.0 Å². The first-order chi connectivity index (χ1) is 9.84. The summed E-state index contributed by atoms with van der Waals surface area (Å²) in [5, 5.41) is 5.26. The molecule has 2 aromatic rings. The third-order valence-electron chi connectivity index (χ3n) is 3.44. The highest BCUT2D eigenvalue weighted by Gasteiger charge is 2.22. The molecule has 1 aliphatic rings. The Hall–Kier alpha value is -1.91. The summed E-state index contributed by atoms with van der Waals surface area (Å²) in [6.07, 6.45) is -0.487. The number of nitrogens with one attached hydrogen (secondary N) is 1. The van der Waals surface area contributed by atoms with Gasteiger partial charge in [0, 0.05) is 6.54 Å². The van der Waals surface area contributed by atoms with Crippen molar-refractivity contribution in [2.75, 3.05) is 19.8 Å². The van der Waals surface area contributed by atoms with Crippen LogP contribution in [0.4, 0.5) is 0 Å². The van der Waals surface area contributed by atoms with Gasteiger partial charge < -0.3 is 14.8 Å². The zero-order valence-electron chi connectivity index (χ0n) is 11.2. The first kappa shape index (κ1) is 13.1. The Balaban J connectivity index is 1.69. The average molecular weight is 271 g/mol. The van der Waals surface area contributed by atoms with Crippen LogP contribution in [0.5, 0.6) is 0 Å². The van der Waals surface area contributed by atoms with Crippen molar-refractivity contribution >= 4 is 16.7 Å². The predicted molar refractivity (Wildman–Crippen MR) is 76.4 cm³/mol. The predicted octanol–water partition coefficient (Wildman–Crippen LogP) is 1.87. The van der Waals surface area contributed by atoms with Crippen molar-refractivity contribution in [1.82, 2.24) is 5.32 Å². The third-order valence-corrected chi connectivity index (χ3v) is 3.44. The average Bonchev–Trinajstić information content (AvgIpc) is 2.53. The van der Waals surface area contributed by atoms with Crippen LogP contribution in [0.15, 0.2) is 42.5 Å². The molecule has 1 fully saturated rings. The fourth-order valence-corrected chi connectivity index (χ4v) is 2.38. The first-order valence-corrected chi connectivity index (χ1v) is 6.78. The molecule has 0 bridgehead atoms. The Kier molecular flexibility index (Phi) is 3.95. The lowest BCUT2D eigenvalue weighted by Crippen LogP contribution is -2.42. The minimum Gasteiger partial charge on any atom is -0.376 e. The molecule has 4 heteroatoms. The molecule has 1 aliphatic heterocycles. The molecule has 1 atom stereocenters. The summed E-state index contributed by atoms with van der Waals surface area (Å²) in [5.41, 5.74) is 1.10. The Morgan fingerprint density at radius 3 is 2.85 bits per heavy atom. The van der Waals surface area contributed by atoms with E-state index in [1.54, 1.807) is 0 Å². The molecule has 0 aliphatic carbocycles. The molecular formula is C16H17NO3. The van der Waals surface area contributed by atoms with Gasteiger partial charge in [-0.25, -0.2) is 0 Å². The van der Waals surface area contributed by atoms with E-state index in [9.17, 15) is 4.79 Å². The first-order valence-electron chi connectivity index (χ1n) is 6.78. The van der Waals surface area contributed by atoms with E-state index in [1.165, 1.54) is 5.39 Å². The number of hydrogen-bond donors (Lipinski definition) is 1. The molecule has 1 heterocycles. The van der Waals surface area contributed by atoms with E-state index in [4.69, 9.17) is 9.47 Å². The molecule has 0 spiro atoms. The largest absolute Gasteiger partial charge is 0.376 e. The van der Waals surface area contributed by atoms with E-state index >= 15 is 0 Å². The highest BCUT2D eigenvalue weighted by atomic mass is 16.6. The molecular weight excluding hydrogens is 254 g/mol. The number of rotatable bonds is 3. The van der Waals surface area contributed by atoms with Gasteiger partial charge in [0.2, 0.25) is 0 Å². The Bertz CT molecular complexity index is 600. The maximum Gasteiger partial charge on any atom is 0.251 e. The summed E-state index contributed by atoms with van der Waals surface area (Å²) in [6, 6.07) is 14.3. The molecule has 1 N–H and O–H groups in total. The van der Waals surface area contributed by atoms with Crippen LogP contribution in [0.1, 0.15) is 5.56 Å². The second-order valence-electron chi connectivity index (χ2n) is 4.79. The van der Waals surface area contributed by atoms with E-state index in [2.05, 4.69) is 23.5 Å². The molecule has 0 saturated carbocycles. The molecule has 104 valence electrons. The molecule has 1 saturated heterocycles. The summed E-state index contributed by atoms with van der Waals surface area (Å²) in [5.74, 6) is -0.113. The number of carbonyl (C=O) groups is 1. The number of amides is 1. The number of benzene rings is 2. The van der Waals surface area contributed by atoms with Crippen LogP contribution in [-0.2, 0) is 20.8 Å². The van der Waals surface area contributed by atoms with Gasteiger partial charge in [-0.2, -0.15) is 0 Å². The van der Waals surface area contributed by atoms with Crippen molar-refractivity contribution in [3.8, 4) is 0 Å². The highest BCUT2D eigenvalue weighted by molar-refractivity contribution is 5.86. The number of fused-ring (bicyclic) bond motifs is 1. The van der Waals surface area contributed by atoms with Gasteiger partial charge in [0.1, 0.15) is 0 Å². The van der Waals surface area contributed by atoms with Crippen molar-refractivity contribution in [1.29, 1.82) is 0 Å². The lowest BCUT2D eigenvalue weighted by atomic mass is 10.0. The molecule has 0 radical (unpaired) electrons. The van der Waals surface area contributed by atoms with Crippen LogP contribution in [0.25, 0.3) is 10.8 Å². The van der Waals surface area contributed by atoms with Gasteiger partial charge in [-0.3, -0.25) is 4.79 Å². The summed E-state index contributed by atoms with van der Waals surface area (Å²) < 4.78 is 10.6. The van der Waals surface area contributed by atoms with Gasteiger partial charge in [0.05, 0.1) is 19.8 Å². The third kappa shape index (κ3) is 2.81. The van der Waals surface area contributed by atoms with Crippen LogP contribution in [-0.4, -0.2) is 31.8 Å². The molecule has 20 heavy (non-hydrogen) atoms. The maximum absolute atomic E-state index is 12.0. The van der Waals surface area contributed by atoms with E-state index in [-0.39, 0.29) is 5.91 Å². The molecule has 1 amide bonds.